The van der Waals surface area contributed by atoms with Gasteiger partial charge in [-0.05, 0) is 18.4 Å². The highest BCUT2D eigenvalue weighted by Gasteiger charge is 2.33. The van der Waals surface area contributed by atoms with Crippen molar-refractivity contribution < 1.29 is 17.6 Å². The van der Waals surface area contributed by atoms with Crippen molar-refractivity contribution in [3.63, 3.8) is 0 Å². The topological polar surface area (TPSA) is 75.3 Å². The number of nitrogens with one attached hydrogen (secondary N) is 2. The van der Waals surface area contributed by atoms with E-state index < -0.39 is 11.9 Å². The summed E-state index contributed by atoms with van der Waals surface area (Å²) in [6.45, 7) is 2.92. The lowest BCUT2D eigenvalue weighted by Crippen LogP contribution is -2.36. The van der Waals surface area contributed by atoms with Gasteiger partial charge in [-0.3, -0.25) is 0 Å². The number of hydrogen-bond donors (Lipinski definition) is 2. The molecule has 0 aromatic carbocycles. The average molecular weight is 415 g/mol. The molecule has 0 unspecified atom stereocenters. The molecule has 6 nitrogen and oxygen atoms in total. The molecule has 0 radical (unpaired) electrons. The van der Waals surface area contributed by atoms with Crippen LogP contribution in [0.5, 0.6) is 0 Å². The molecule has 11 heteroatoms. The number of alkyl halides is 3. The summed E-state index contributed by atoms with van der Waals surface area (Å²) in [5.41, 5.74) is -0.223. The van der Waals surface area contributed by atoms with Gasteiger partial charge in [-0.1, -0.05) is 6.07 Å². The maximum absolute atomic E-state index is 12.6. The zero-order valence-electron chi connectivity index (χ0n) is 14.2. The number of thiazole rings is 1. The van der Waals surface area contributed by atoms with Crippen LogP contribution in [0.2, 0.25) is 0 Å². The second kappa shape index (κ2) is 8.53. The van der Waals surface area contributed by atoms with Crippen molar-refractivity contribution in [3.8, 4) is 10.8 Å². The molecular formula is C16H16F3N5OS2. The zero-order chi connectivity index (χ0) is 19.3. The minimum Gasteiger partial charge on any atom is -0.443 e. The highest BCUT2D eigenvalue weighted by Crippen LogP contribution is 2.30. The first-order chi connectivity index (χ1) is 13.0. The number of hydrogen-bond acceptors (Lipinski definition) is 6. The summed E-state index contributed by atoms with van der Waals surface area (Å²) < 4.78 is 43.3. The van der Waals surface area contributed by atoms with Gasteiger partial charge in [0, 0.05) is 11.9 Å². The molecule has 0 aliphatic heterocycles. The molecule has 3 aromatic rings. The molecule has 3 aromatic heterocycles. The summed E-state index contributed by atoms with van der Waals surface area (Å²) in [6, 6.07) is 3.83. The first-order valence-electron chi connectivity index (χ1n) is 7.97. The fraction of sp³-hybridized carbons (Fsp3) is 0.312. The summed E-state index contributed by atoms with van der Waals surface area (Å²) in [5, 5.41) is 9.27. The van der Waals surface area contributed by atoms with Crippen LogP contribution in [-0.4, -0.2) is 22.5 Å². The number of halogens is 3. The van der Waals surface area contributed by atoms with Gasteiger partial charge in [-0.25, -0.2) is 15.0 Å². The van der Waals surface area contributed by atoms with Gasteiger partial charge >= 0.3 is 6.18 Å². The number of aromatic nitrogens is 2. The van der Waals surface area contributed by atoms with Crippen LogP contribution in [0.1, 0.15) is 23.3 Å². The van der Waals surface area contributed by atoms with Crippen molar-refractivity contribution >= 4 is 28.6 Å². The maximum atomic E-state index is 12.6. The largest absolute Gasteiger partial charge is 0.443 e. The molecule has 3 rings (SSSR count). The van der Waals surface area contributed by atoms with E-state index in [1.54, 1.807) is 6.26 Å². The second-order valence-electron chi connectivity index (χ2n) is 5.29. The quantitative estimate of drug-likeness (QED) is 0.468. The van der Waals surface area contributed by atoms with E-state index in [0.29, 0.717) is 29.1 Å². The SMILES string of the molecule is CCNC(=NCc1coc(-c2cccs2)n1)NCc1nc(C(F)(F)F)cs1. The number of nitrogens with zero attached hydrogens (tertiary/aromatic N) is 3. The predicted molar refractivity (Wildman–Crippen MR) is 98.6 cm³/mol. The number of rotatable bonds is 6. The summed E-state index contributed by atoms with van der Waals surface area (Å²) >= 11 is 2.48. The lowest BCUT2D eigenvalue weighted by atomic mass is 10.4. The number of thiophene rings is 1. The van der Waals surface area contributed by atoms with Crippen LogP contribution in [0, 0.1) is 0 Å². The van der Waals surface area contributed by atoms with Gasteiger partial charge in [0.2, 0.25) is 5.89 Å². The van der Waals surface area contributed by atoms with Crippen molar-refractivity contribution in [1.82, 2.24) is 20.6 Å². The Morgan fingerprint density at radius 2 is 2.11 bits per heavy atom. The number of aliphatic imine (C=N–C) groups is 1. The van der Waals surface area contributed by atoms with E-state index >= 15 is 0 Å². The van der Waals surface area contributed by atoms with Gasteiger partial charge in [-0.15, -0.1) is 22.7 Å². The lowest BCUT2D eigenvalue weighted by Gasteiger charge is -2.09. The Morgan fingerprint density at radius 3 is 2.78 bits per heavy atom. The van der Waals surface area contributed by atoms with Gasteiger partial charge in [0.25, 0.3) is 0 Å². The third kappa shape index (κ3) is 5.30. The number of oxazole rings is 1. The van der Waals surface area contributed by atoms with Crippen LogP contribution in [0.3, 0.4) is 0 Å². The van der Waals surface area contributed by atoms with E-state index in [9.17, 15) is 13.2 Å². The smallest absolute Gasteiger partial charge is 0.434 e. The molecule has 0 atom stereocenters. The van der Waals surface area contributed by atoms with E-state index in [2.05, 4.69) is 25.6 Å². The Balaban J connectivity index is 1.60. The standard InChI is InChI=1S/C16H16F3N5OS2/c1-2-20-15(22-7-13-24-12(9-27-13)16(17,18)19)21-6-10-8-25-14(23-10)11-4-3-5-26-11/h3-5,8-9H,2,6-7H2,1H3,(H2,20,21,22). The third-order valence-corrected chi connectivity index (χ3v) is 4.98. The molecule has 3 heterocycles. The highest BCUT2D eigenvalue weighted by atomic mass is 32.1. The van der Waals surface area contributed by atoms with Crippen LogP contribution in [0.25, 0.3) is 10.8 Å². The van der Waals surface area contributed by atoms with Crippen molar-refractivity contribution in [2.75, 3.05) is 6.54 Å². The summed E-state index contributed by atoms with van der Waals surface area (Å²) in [5.74, 6) is 0.998. The minimum atomic E-state index is -4.43. The Kier molecular flexibility index (Phi) is 6.11. The second-order valence-corrected chi connectivity index (χ2v) is 7.18. The van der Waals surface area contributed by atoms with Crippen LogP contribution < -0.4 is 10.6 Å². The van der Waals surface area contributed by atoms with Crippen LogP contribution >= 0.6 is 22.7 Å². The first-order valence-corrected chi connectivity index (χ1v) is 9.73. The third-order valence-electron chi connectivity index (χ3n) is 3.28. The highest BCUT2D eigenvalue weighted by molar-refractivity contribution is 7.13. The van der Waals surface area contributed by atoms with Crippen molar-refractivity contribution in [3.05, 3.63) is 45.6 Å². The molecule has 27 heavy (non-hydrogen) atoms. The normalized spacial score (nSPS) is 12.4. The zero-order valence-corrected chi connectivity index (χ0v) is 15.8. The van der Waals surface area contributed by atoms with Crippen LogP contribution in [0.4, 0.5) is 13.2 Å². The van der Waals surface area contributed by atoms with Crippen LogP contribution in [-0.2, 0) is 19.3 Å². The van der Waals surface area contributed by atoms with Crippen LogP contribution in [0.15, 0.2) is 38.6 Å². The Bertz CT molecular complexity index is 886. The van der Waals surface area contributed by atoms with Gasteiger partial charge in [-0.2, -0.15) is 13.2 Å². The molecule has 0 spiro atoms. The molecule has 0 saturated carbocycles. The first kappa shape index (κ1) is 19.4. The molecule has 0 bridgehead atoms. The molecule has 0 aliphatic carbocycles. The lowest BCUT2D eigenvalue weighted by molar-refractivity contribution is -0.140. The molecule has 144 valence electrons. The number of guanidine groups is 1. The van der Waals surface area contributed by atoms with Crippen molar-refractivity contribution in [2.45, 2.75) is 26.2 Å². The van der Waals surface area contributed by atoms with Gasteiger partial charge in [0.1, 0.15) is 17.0 Å². The maximum Gasteiger partial charge on any atom is 0.434 e. The van der Waals surface area contributed by atoms with Gasteiger partial charge in [0.05, 0.1) is 18.0 Å². The minimum absolute atomic E-state index is 0.145. The van der Waals surface area contributed by atoms with E-state index in [-0.39, 0.29) is 13.1 Å². The fourth-order valence-corrected chi connectivity index (χ4v) is 3.47. The summed E-state index contributed by atoms with van der Waals surface area (Å²) in [6.07, 6.45) is -2.89. The molecule has 0 amide bonds. The molecule has 2 N–H and O–H groups in total. The predicted octanol–water partition coefficient (Wildman–Crippen LogP) is 4.13. The Hall–Kier alpha value is -2.40. The summed E-state index contributed by atoms with van der Waals surface area (Å²) in [4.78, 5) is 13.3. The monoisotopic (exact) mass is 415 g/mol. The van der Waals surface area contributed by atoms with E-state index in [0.717, 1.165) is 21.6 Å². The van der Waals surface area contributed by atoms with E-state index in [1.807, 2.05) is 24.4 Å². The summed E-state index contributed by atoms with van der Waals surface area (Å²) in [7, 11) is 0. The fourth-order valence-electron chi connectivity index (χ4n) is 2.08. The molecular weight excluding hydrogens is 399 g/mol. The molecule has 0 saturated heterocycles. The van der Waals surface area contributed by atoms with E-state index in [1.165, 1.54) is 11.3 Å². The van der Waals surface area contributed by atoms with Gasteiger partial charge < -0.3 is 15.1 Å². The van der Waals surface area contributed by atoms with Crippen molar-refractivity contribution in [1.29, 1.82) is 0 Å². The van der Waals surface area contributed by atoms with Crippen molar-refractivity contribution in [2.24, 2.45) is 4.99 Å². The Labute approximate surface area is 161 Å². The van der Waals surface area contributed by atoms with E-state index in [4.69, 9.17) is 4.42 Å². The average Bonchev–Trinajstić information content (AvgIpc) is 3.38. The molecule has 0 aliphatic rings. The van der Waals surface area contributed by atoms with Gasteiger partial charge in [0.15, 0.2) is 11.7 Å². The molecule has 0 fully saturated rings. The Morgan fingerprint density at radius 1 is 1.26 bits per heavy atom.